The molecule has 0 aliphatic heterocycles. The first-order chi connectivity index (χ1) is 10.1. The van der Waals surface area contributed by atoms with Crippen LogP contribution in [0.3, 0.4) is 0 Å². The first-order valence-corrected chi connectivity index (χ1v) is 8.68. The fourth-order valence-electron chi connectivity index (χ4n) is 2.73. The van der Waals surface area contributed by atoms with Gasteiger partial charge in [-0.2, -0.15) is 11.8 Å². The molecular formula is C15H24N2O3S. The topological polar surface area (TPSA) is 74.5 Å². The second-order valence-corrected chi connectivity index (χ2v) is 6.79. The fraction of sp³-hybridized carbons (Fsp3) is 0.667. The van der Waals surface area contributed by atoms with Gasteiger partial charge in [-0.15, -0.1) is 0 Å². The molecule has 0 bridgehead atoms. The van der Waals surface area contributed by atoms with Crippen LogP contribution in [0.2, 0.25) is 0 Å². The molecule has 5 nitrogen and oxygen atoms in total. The standard InChI is InChI=1S/C15H24N2O3S/c1-10(8-13(18)14-4-3-7-20-14)16-15(19)17-11-5-6-12(9-11)21-2/h3-4,7,10-13,18H,5-6,8-9H2,1-2H3,(H2,16,17,19). The number of aliphatic hydroxyl groups is 1. The van der Waals surface area contributed by atoms with Crippen molar-refractivity contribution in [3.63, 3.8) is 0 Å². The van der Waals surface area contributed by atoms with Crippen LogP contribution < -0.4 is 10.6 Å². The molecule has 6 heteroatoms. The number of hydrogen-bond donors (Lipinski definition) is 3. The average Bonchev–Trinajstić information content (AvgIpc) is 3.08. The molecule has 1 heterocycles. The number of hydrogen-bond acceptors (Lipinski definition) is 4. The number of nitrogens with one attached hydrogen (secondary N) is 2. The third kappa shape index (κ3) is 4.97. The highest BCUT2D eigenvalue weighted by molar-refractivity contribution is 7.99. The third-order valence-corrected chi connectivity index (χ3v) is 4.97. The lowest BCUT2D eigenvalue weighted by Gasteiger charge is -2.19. The summed E-state index contributed by atoms with van der Waals surface area (Å²) < 4.78 is 5.15. The van der Waals surface area contributed by atoms with Gasteiger partial charge in [0.2, 0.25) is 0 Å². The summed E-state index contributed by atoms with van der Waals surface area (Å²) in [7, 11) is 0. The largest absolute Gasteiger partial charge is 0.467 e. The summed E-state index contributed by atoms with van der Waals surface area (Å²) in [5.41, 5.74) is 0. The molecule has 0 spiro atoms. The van der Waals surface area contributed by atoms with Gasteiger partial charge in [0, 0.05) is 23.8 Å². The van der Waals surface area contributed by atoms with Crippen LogP contribution in [-0.2, 0) is 0 Å². The Morgan fingerprint density at radius 2 is 2.38 bits per heavy atom. The van der Waals surface area contributed by atoms with Gasteiger partial charge in [-0.05, 0) is 44.6 Å². The Morgan fingerprint density at radius 3 is 3.00 bits per heavy atom. The highest BCUT2D eigenvalue weighted by Gasteiger charge is 2.25. The van der Waals surface area contributed by atoms with E-state index in [0.29, 0.717) is 17.4 Å². The zero-order chi connectivity index (χ0) is 15.2. The molecule has 1 aliphatic carbocycles. The molecule has 4 atom stereocenters. The van der Waals surface area contributed by atoms with E-state index in [2.05, 4.69) is 16.9 Å². The summed E-state index contributed by atoms with van der Waals surface area (Å²) in [6.07, 6.45) is 6.64. The van der Waals surface area contributed by atoms with Gasteiger partial charge in [0.25, 0.3) is 0 Å². The number of rotatable bonds is 6. The fourth-order valence-corrected chi connectivity index (χ4v) is 3.52. The van der Waals surface area contributed by atoms with Crippen LogP contribution in [0.25, 0.3) is 0 Å². The van der Waals surface area contributed by atoms with Crippen molar-refractivity contribution >= 4 is 17.8 Å². The van der Waals surface area contributed by atoms with E-state index >= 15 is 0 Å². The van der Waals surface area contributed by atoms with Gasteiger partial charge in [0.15, 0.2) is 0 Å². The van der Waals surface area contributed by atoms with Gasteiger partial charge in [-0.1, -0.05) is 0 Å². The Balaban J connectivity index is 1.70. The second kappa shape index (κ2) is 7.75. The van der Waals surface area contributed by atoms with Crippen molar-refractivity contribution in [3.8, 4) is 0 Å². The minimum atomic E-state index is -0.692. The SMILES string of the molecule is CSC1CCC(NC(=O)NC(C)CC(O)c2ccco2)C1. The van der Waals surface area contributed by atoms with E-state index < -0.39 is 6.10 Å². The Hall–Kier alpha value is -1.14. The molecular weight excluding hydrogens is 288 g/mol. The van der Waals surface area contributed by atoms with Crippen LogP contribution in [0, 0.1) is 0 Å². The average molecular weight is 312 g/mol. The molecule has 2 amide bonds. The van der Waals surface area contributed by atoms with Crippen molar-refractivity contribution in [2.45, 2.75) is 56.0 Å². The molecule has 21 heavy (non-hydrogen) atoms. The minimum absolute atomic E-state index is 0.122. The molecule has 0 saturated heterocycles. The molecule has 1 aliphatic rings. The van der Waals surface area contributed by atoms with Crippen molar-refractivity contribution in [1.82, 2.24) is 10.6 Å². The van der Waals surface area contributed by atoms with Crippen LogP contribution >= 0.6 is 11.8 Å². The summed E-state index contributed by atoms with van der Waals surface area (Å²) in [6, 6.07) is 3.47. The summed E-state index contributed by atoms with van der Waals surface area (Å²) >= 11 is 1.87. The molecule has 2 rings (SSSR count). The van der Waals surface area contributed by atoms with E-state index in [1.54, 1.807) is 12.1 Å². The summed E-state index contributed by atoms with van der Waals surface area (Å²) in [5.74, 6) is 0.530. The van der Waals surface area contributed by atoms with Gasteiger partial charge >= 0.3 is 6.03 Å². The molecule has 1 saturated carbocycles. The molecule has 1 fully saturated rings. The highest BCUT2D eigenvalue weighted by atomic mass is 32.2. The van der Waals surface area contributed by atoms with Gasteiger partial charge in [-0.3, -0.25) is 0 Å². The van der Waals surface area contributed by atoms with Crippen molar-refractivity contribution in [2.24, 2.45) is 0 Å². The van der Waals surface area contributed by atoms with E-state index in [9.17, 15) is 9.90 Å². The van der Waals surface area contributed by atoms with Crippen molar-refractivity contribution in [3.05, 3.63) is 24.2 Å². The number of aliphatic hydroxyl groups excluding tert-OH is 1. The van der Waals surface area contributed by atoms with Crippen LogP contribution in [0.4, 0.5) is 4.79 Å². The number of urea groups is 1. The normalized spacial score (nSPS) is 24.5. The lowest BCUT2D eigenvalue weighted by atomic mass is 10.1. The Labute approximate surface area is 129 Å². The van der Waals surface area contributed by atoms with Crippen molar-refractivity contribution in [1.29, 1.82) is 0 Å². The maximum atomic E-state index is 11.9. The Kier molecular flexibility index (Phi) is 5.99. The quantitative estimate of drug-likeness (QED) is 0.755. The van der Waals surface area contributed by atoms with E-state index in [-0.39, 0.29) is 18.1 Å². The molecule has 118 valence electrons. The summed E-state index contributed by atoms with van der Waals surface area (Å²) in [4.78, 5) is 11.9. The van der Waals surface area contributed by atoms with Crippen LogP contribution in [-0.4, -0.2) is 34.7 Å². The molecule has 1 aromatic heterocycles. The smallest absolute Gasteiger partial charge is 0.315 e. The third-order valence-electron chi connectivity index (χ3n) is 3.88. The first kappa shape index (κ1) is 16.2. The summed E-state index contributed by atoms with van der Waals surface area (Å²) in [6.45, 7) is 1.88. The van der Waals surface area contributed by atoms with E-state index in [0.717, 1.165) is 12.8 Å². The van der Waals surface area contributed by atoms with Crippen molar-refractivity contribution in [2.75, 3.05) is 6.26 Å². The van der Waals surface area contributed by atoms with Crippen LogP contribution in [0.15, 0.2) is 22.8 Å². The maximum Gasteiger partial charge on any atom is 0.315 e. The number of amides is 2. The van der Waals surface area contributed by atoms with E-state index in [1.165, 1.54) is 12.7 Å². The molecule has 4 unspecified atom stereocenters. The van der Waals surface area contributed by atoms with Crippen molar-refractivity contribution < 1.29 is 14.3 Å². The summed E-state index contributed by atoms with van der Waals surface area (Å²) in [5, 5.41) is 16.5. The first-order valence-electron chi connectivity index (χ1n) is 7.39. The lowest BCUT2D eigenvalue weighted by molar-refractivity contribution is 0.129. The van der Waals surface area contributed by atoms with Gasteiger partial charge in [0.05, 0.1) is 6.26 Å². The number of furan rings is 1. The number of carbonyl (C=O) groups excluding carboxylic acids is 1. The molecule has 3 N–H and O–H groups in total. The predicted molar refractivity (Wildman–Crippen MR) is 84.4 cm³/mol. The van der Waals surface area contributed by atoms with Gasteiger partial charge in [-0.25, -0.2) is 4.79 Å². The monoisotopic (exact) mass is 312 g/mol. The predicted octanol–water partition coefficient (Wildman–Crippen LogP) is 2.67. The zero-order valence-corrected chi connectivity index (χ0v) is 13.4. The van der Waals surface area contributed by atoms with Gasteiger partial charge < -0.3 is 20.2 Å². The highest BCUT2D eigenvalue weighted by Crippen LogP contribution is 2.28. The van der Waals surface area contributed by atoms with Crippen LogP contribution in [0.5, 0.6) is 0 Å². The Morgan fingerprint density at radius 1 is 1.57 bits per heavy atom. The Bertz CT molecular complexity index is 438. The second-order valence-electron chi connectivity index (χ2n) is 5.65. The van der Waals surface area contributed by atoms with E-state index in [4.69, 9.17) is 4.42 Å². The molecule has 0 radical (unpaired) electrons. The maximum absolute atomic E-state index is 11.9. The molecule has 1 aromatic rings. The van der Waals surface area contributed by atoms with Crippen LogP contribution in [0.1, 0.15) is 44.5 Å². The lowest BCUT2D eigenvalue weighted by Crippen LogP contribution is -2.45. The zero-order valence-electron chi connectivity index (χ0n) is 12.5. The molecule has 0 aromatic carbocycles. The number of carbonyl (C=O) groups is 1. The number of thioether (sulfide) groups is 1. The van der Waals surface area contributed by atoms with E-state index in [1.807, 2.05) is 18.7 Å². The minimum Gasteiger partial charge on any atom is -0.467 e. The van der Waals surface area contributed by atoms with Gasteiger partial charge in [0.1, 0.15) is 11.9 Å².